The summed E-state index contributed by atoms with van der Waals surface area (Å²) < 4.78 is 32.2. The van der Waals surface area contributed by atoms with Crippen molar-refractivity contribution in [2.24, 2.45) is 17.3 Å². The first-order valence-electron chi connectivity index (χ1n) is 4.03. The predicted octanol–water partition coefficient (Wildman–Crippen LogP) is -3.26. The van der Waals surface area contributed by atoms with Crippen LogP contribution >= 0.6 is 0 Å². The van der Waals surface area contributed by atoms with Crippen LogP contribution in [0.5, 0.6) is 0 Å². The molecule has 1 aliphatic heterocycles. The van der Waals surface area contributed by atoms with Gasteiger partial charge in [0.15, 0.2) is 0 Å². The van der Waals surface area contributed by atoms with E-state index < -0.39 is 15.5 Å². The molecule has 1 heterocycles. The molecule has 1 aliphatic carbocycles. The van der Waals surface area contributed by atoms with Crippen molar-refractivity contribution in [2.45, 2.75) is 19.2 Å². The number of hydrogen-bond acceptors (Lipinski definition) is 4. The van der Waals surface area contributed by atoms with Crippen LogP contribution in [0.2, 0.25) is 0 Å². The Labute approximate surface area is 101 Å². The molecule has 0 aromatic carbocycles. The summed E-state index contributed by atoms with van der Waals surface area (Å²) >= 11 is 0. The summed E-state index contributed by atoms with van der Waals surface area (Å²) in [5, 5.41) is 1.92. The normalized spacial score (nSPS) is 40.7. The minimum Gasteiger partial charge on any atom is -0.747 e. The van der Waals surface area contributed by atoms with E-state index in [2.05, 4.69) is 5.32 Å². The van der Waals surface area contributed by atoms with Crippen LogP contribution in [0, 0.1) is 17.3 Å². The standard InChI is InChI=1S/C7H13NO3S.Na/c1-7(2)4-3-8-6(5(4)7)12(9,10)11;/h4-6,8H,3H2,1-2H3,(H,9,10,11);/q;+1/p-1/t4-,5-,6+;/m0./s1. The zero-order chi connectivity index (χ0) is 9.15. The van der Waals surface area contributed by atoms with Gasteiger partial charge in [-0.3, -0.25) is 0 Å². The summed E-state index contributed by atoms with van der Waals surface area (Å²) in [6, 6.07) is 0. The van der Waals surface area contributed by atoms with Crippen molar-refractivity contribution in [1.82, 2.24) is 5.32 Å². The second-order valence-corrected chi connectivity index (χ2v) is 5.77. The third kappa shape index (κ3) is 1.70. The van der Waals surface area contributed by atoms with Gasteiger partial charge in [-0.2, -0.15) is 0 Å². The summed E-state index contributed by atoms with van der Waals surface area (Å²) in [5.74, 6) is 0.422. The Bertz CT molecular complexity index is 314. The predicted molar refractivity (Wildman–Crippen MR) is 42.2 cm³/mol. The zero-order valence-corrected chi connectivity index (χ0v) is 10.9. The van der Waals surface area contributed by atoms with Gasteiger partial charge in [0.2, 0.25) is 0 Å². The van der Waals surface area contributed by atoms with Gasteiger partial charge in [-0.1, -0.05) is 13.8 Å². The Morgan fingerprint density at radius 2 is 2.00 bits per heavy atom. The molecule has 0 bridgehead atoms. The first kappa shape index (κ1) is 11.9. The van der Waals surface area contributed by atoms with E-state index in [1.165, 1.54) is 0 Å². The van der Waals surface area contributed by atoms with Crippen LogP contribution in [-0.2, 0) is 10.1 Å². The SMILES string of the molecule is CC1(C)[C@H]2[C@@H]1CN[C@@H]2S(=O)(=O)[O-].[Na+]. The molecule has 1 saturated heterocycles. The Morgan fingerprint density at radius 1 is 1.46 bits per heavy atom. The molecule has 6 heteroatoms. The van der Waals surface area contributed by atoms with Crippen molar-refractivity contribution < 1.29 is 42.5 Å². The maximum absolute atomic E-state index is 10.7. The number of piperidine rings is 1. The summed E-state index contributed by atoms with van der Waals surface area (Å²) in [6.07, 6.45) is 0. The molecule has 0 spiro atoms. The van der Waals surface area contributed by atoms with Gasteiger partial charge in [-0.25, -0.2) is 8.42 Å². The molecule has 0 aromatic rings. The fraction of sp³-hybridized carbons (Fsp3) is 1.00. The molecular formula is C7H12NNaO3S. The van der Waals surface area contributed by atoms with E-state index in [4.69, 9.17) is 0 Å². The van der Waals surface area contributed by atoms with Crippen LogP contribution in [0.15, 0.2) is 0 Å². The first-order valence-corrected chi connectivity index (χ1v) is 5.50. The van der Waals surface area contributed by atoms with Crippen molar-refractivity contribution in [3.8, 4) is 0 Å². The number of fused-ring (bicyclic) bond motifs is 1. The molecule has 4 nitrogen and oxygen atoms in total. The van der Waals surface area contributed by atoms with Gasteiger partial charge in [0.05, 0.1) is 0 Å². The van der Waals surface area contributed by atoms with Crippen LogP contribution in [0.4, 0.5) is 0 Å². The fourth-order valence-electron chi connectivity index (χ4n) is 2.43. The maximum atomic E-state index is 10.7. The first-order chi connectivity index (χ1) is 5.35. The van der Waals surface area contributed by atoms with Crippen molar-refractivity contribution in [1.29, 1.82) is 0 Å². The average Bonchev–Trinajstić information content (AvgIpc) is 2.34. The van der Waals surface area contributed by atoms with Crippen LogP contribution in [0.25, 0.3) is 0 Å². The number of nitrogens with one attached hydrogen (secondary N) is 1. The molecule has 1 saturated carbocycles. The molecule has 3 atom stereocenters. The van der Waals surface area contributed by atoms with Crippen LogP contribution < -0.4 is 34.9 Å². The van der Waals surface area contributed by atoms with Crippen molar-refractivity contribution in [3.63, 3.8) is 0 Å². The molecule has 2 rings (SSSR count). The van der Waals surface area contributed by atoms with Gasteiger partial charge in [0.1, 0.15) is 15.5 Å². The summed E-state index contributed by atoms with van der Waals surface area (Å²) in [5.41, 5.74) is 0.0490. The van der Waals surface area contributed by atoms with Crippen molar-refractivity contribution in [3.05, 3.63) is 0 Å². The van der Waals surface area contributed by atoms with E-state index >= 15 is 0 Å². The summed E-state index contributed by atoms with van der Waals surface area (Å²) in [7, 11) is -4.14. The molecular weight excluding hydrogens is 201 g/mol. The number of hydrogen-bond donors (Lipinski definition) is 1. The Kier molecular flexibility index (Phi) is 2.92. The van der Waals surface area contributed by atoms with E-state index in [-0.39, 0.29) is 40.9 Å². The molecule has 2 fully saturated rings. The fourth-order valence-corrected chi connectivity index (χ4v) is 3.63. The van der Waals surface area contributed by atoms with E-state index in [1.54, 1.807) is 0 Å². The smallest absolute Gasteiger partial charge is 0.747 e. The van der Waals surface area contributed by atoms with Crippen molar-refractivity contribution >= 4 is 10.1 Å². The quantitative estimate of drug-likeness (QED) is 0.367. The Balaban J connectivity index is 0.000000845. The molecule has 0 aromatic heterocycles. The second kappa shape index (κ2) is 3.18. The van der Waals surface area contributed by atoms with Crippen molar-refractivity contribution in [2.75, 3.05) is 6.54 Å². The molecule has 2 aliphatic rings. The molecule has 0 radical (unpaired) electrons. The largest absolute Gasteiger partial charge is 1.00 e. The summed E-state index contributed by atoms with van der Waals surface area (Å²) in [4.78, 5) is 0. The Hall–Kier alpha value is 0.870. The number of rotatable bonds is 1. The summed E-state index contributed by atoms with van der Waals surface area (Å²) in [6.45, 7) is 4.70. The van der Waals surface area contributed by atoms with E-state index in [9.17, 15) is 13.0 Å². The van der Waals surface area contributed by atoms with Crippen LogP contribution in [0.3, 0.4) is 0 Å². The second-order valence-electron chi connectivity index (χ2n) is 4.28. The molecule has 70 valence electrons. The minimum atomic E-state index is -4.14. The van der Waals surface area contributed by atoms with E-state index in [1.807, 2.05) is 13.8 Å². The Morgan fingerprint density at radius 3 is 2.23 bits per heavy atom. The van der Waals surface area contributed by atoms with Gasteiger partial charge in [-0.15, -0.1) is 0 Å². The zero-order valence-electron chi connectivity index (χ0n) is 8.07. The van der Waals surface area contributed by atoms with Gasteiger partial charge in [0, 0.05) is 6.54 Å². The van der Waals surface area contributed by atoms with Crippen LogP contribution in [-0.4, -0.2) is 24.9 Å². The van der Waals surface area contributed by atoms with Gasteiger partial charge >= 0.3 is 29.6 Å². The molecule has 1 N–H and O–H groups in total. The van der Waals surface area contributed by atoms with Gasteiger partial charge in [0.25, 0.3) is 0 Å². The molecule has 0 amide bonds. The molecule has 0 unspecified atom stereocenters. The van der Waals surface area contributed by atoms with Gasteiger partial charge in [-0.05, 0) is 17.3 Å². The third-order valence-electron chi connectivity index (χ3n) is 3.32. The van der Waals surface area contributed by atoms with Gasteiger partial charge < -0.3 is 9.87 Å². The maximum Gasteiger partial charge on any atom is 1.00 e. The monoisotopic (exact) mass is 213 g/mol. The third-order valence-corrected chi connectivity index (χ3v) is 4.40. The topological polar surface area (TPSA) is 69.2 Å². The average molecular weight is 213 g/mol. The van der Waals surface area contributed by atoms with E-state index in [0.29, 0.717) is 12.5 Å². The molecule has 13 heavy (non-hydrogen) atoms. The van der Waals surface area contributed by atoms with E-state index in [0.717, 1.165) is 0 Å². The minimum absolute atomic E-state index is 0. The van der Waals surface area contributed by atoms with Crippen LogP contribution in [0.1, 0.15) is 13.8 Å².